The summed E-state index contributed by atoms with van der Waals surface area (Å²) in [6.07, 6.45) is 2.84. The highest BCUT2D eigenvalue weighted by Gasteiger charge is 2.49. The summed E-state index contributed by atoms with van der Waals surface area (Å²) in [5.41, 5.74) is 6.78. The molecule has 0 aliphatic carbocycles. The highest BCUT2D eigenvalue weighted by molar-refractivity contribution is 6.68. The molecule has 1 aromatic rings. The van der Waals surface area contributed by atoms with Crippen LogP contribution in [0.3, 0.4) is 0 Å². The maximum atomic E-state index is 6.11. The average Bonchev–Trinajstić information content (AvgIpc) is 2.37. The van der Waals surface area contributed by atoms with Crippen molar-refractivity contribution in [1.29, 1.82) is 0 Å². The molecule has 0 atom stereocenters. The zero-order valence-corrected chi connectivity index (χ0v) is 10.4. The van der Waals surface area contributed by atoms with Crippen molar-refractivity contribution in [3.8, 4) is 0 Å². The first-order chi connectivity index (χ1) is 7.32. The van der Waals surface area contributed by atoms with E-state index in [0.717, 1.165) is 11.8 Å². The number of aromatic nitrogens is 1. The van der Waals surface area contributed by atoms with Crippen LogP contribution in [0.1, 0.15) is 27.7 Å². The van der Waals surface area contributed by atoms with Gasteiger partial charge in [-0.05, 0) is 37.1 Å². The minimum Gasteiger partial charge on any atom is -0.425 e. The third-order valence-corrected chi connectivity index (χ3v) is 3.94. The van der Waals surface area contributed by atoms with Crippen LogP contribution in [0.4, 0.5) is 5.82 Å². The minimum atomic E-state index is -0.0982. The lowest BCUT2D eigenvalue weighted by molar-refractivity contribution is 0.0375. The molecular formula is C12H19BN2O. The molecule has 1 aromatic heterocycles. The second kappa shape index (κ2) is 3.49. The predicted octanol–water partition coefficient (Wildman–Crippen LogP) is 1.70. The molecule has 16 heavy (non-hydrogen) atoms. The van der Waals surface area contributed by atoms with E-state index < -0.39 is 0 Å². The number of rotatable bonds is 1. The Balaban J connectivity index is 2.23. The van der Waals surface area contributed by atoms with Crippen LogP contribution in [-0.4, -0.2) is 17.5 Å². The summed E-state index contributed by atoms with van der Waals surface area (Å²) in [4.78, 5) is 4.12. The third-order valence-electron chi connectivity index (χ3n) is 3.94. The van der Waals surface area contributed by atoms with Crippen LogP contribution < -0.4 is 11.2 Å². The average molecular weight is 218 g/mol. The Morgan fingerprint density at radius 3 is 2.44 bits per heavy atom. The van der Waals surface area contributed by atoms with Gasteiger partial charge in [0.15, 0.2) is 0 Å². The van der Waals surface area contributed by atoms with Crippen molar-refractivity contribution < 1.29 is 4.65 Å². The summed E-state index contributed by atoms with van der Waals surface area (Å²) in [7, 11) is 0. The largest absolute Gasteiger partial charge is 0.425 e. The van der Waals surface area contributed by atoms with Crippen LogP contribution in [0, 0.1) is 5.41 Å². The molecule has 1 fully saturated rings. The van der Waals surface area contributed by atoms with Gasteiger partial charge in [-0.15, -0.1) is 0 Å². The van der Waals surface area contributed by atoms with Crippen LogP contribution in [0.15, 0.2) is 18.3 Å². The number of hydrogen-bond acceptors (Lipinski definition) is 3. The van der Waals surface area contributed by atoms with Crippen LogP contribution in [0.25, 0.3) is 0 Å². The van der Waals surface area contributed by atoms with E-state index in [2.05, 4.69) is 32.7 Å². The number of nitrogens with zero attached hydrogens (tertiary/aromatic N) is 1. The fourth-order valence-corrected chi connectivity index (χ4v) is 2.06. The predicted molar refractivity (Wildman–Crippen MR) is 67.8 cm³/mol. The first kappa shape index (κ1) is 11.5. The highest BCUT2D eigenvalue weighted by Crippen LogP contribution is 2.44. The molecule has 1 aliphatic heterocycles. The van der Waals surface area contributed by atoms with Gasteiger partial charge in [0.25, 0.3) is 0 Å². The van der Waals surface area contributed by atoms with Crippen molar-refractivity contribution in [2.45, 2.75) is 39.6 Å². The number of anilines is 1. The molecule has 2 heterocycles. The summed E-state index contributed by atoms with van der Waals surface area (Å²) < 4.78 is 6.11. The SMILES string of the molecule is CC1(C)CB(c2ccc(N)nc2)OC1(C)C. The molecule has 0 unspecified atom stereocenters. The molecule has 1 aliphatic rings. The summed E-state index contributed by atoms with van der Waals surface area (Å²) in [6.45, 7) is 8.93. The van der Waals surface area contributed by atoms with Gasteiger partial charge >= 0.3 is 6.92 Å². The van der Waals surface area contributed by atoms with Crippen LogP contribution in [0.2, 0.25) is 6.32 Å². The number of pyridine rings is 1. The molecule has 0 amide bonds. The maximum Gasteiger partial charge on any atom is 0.329 e. The minimum absolute atomic E-state index is 0.0982. The Labute approximate surface area is 97.5 Å². The number of nitrogens with two attached hydrogens (primary N) is 1. The topological polar surface area (TPSA) is 48.1 Å². The van der Waals surface area contributed by atoms with E-state index in [-0.39, 0.29) is 17.9 Å². The standard InChI is InChI=1S/C12H19BN2O/c1-11(2)8-13(16-12(11,3)4)9-5-6-10(14)15-7-9/h5-7H,8H2,1-4H3,(H2,14,15). The number of hydrogen-bond donors (Lipinski definition) is 1. The van der Waals surface area contributed by atoms with Gasteiger partial charge < -0.3 is 10.4 Å². The molecule has 1 saturated heterocycles. The fourth-order valence-electron chi connectivity index (χ4n) is 2.06. The van der Waals surface area contributed by atoms with Gasteiger partial charge in [0, 0.05) is 6.20 Å². The molecule has 0 bridgehead atoms. The molecule has 2 rings (SSSR count). The quantitative estimate of drug-likeness (QED) is 0.729. The molecule has 86 valence electrons. The van der Waals surface area contributed by atoms with Crippen molar-refractivity contribution >= 4 is 18.2 Å². The fraction of sp³-hybridized carbons (Fsp3) is 0.583. The lowest BCUT2D eigenvalue weighted by Crippen LogP contribution is -2.36. The van der Waals surface area contributed by atoms with E-state index in [1.54, 1.807) is 0 Å². The molecule has 0 radical (unpaired) electrons. The highest BCUT2D eigenvalue weighted by atomic mass is 16.5. The van der Waals surface area contributed by atoms with E-state index in [1.807, 2.05) is 18.3 Å². The van der Waals surface area contributed by atoms with Gasteiger partial charge in [-0.3, -0.25) is 0 Å². The normalized spacial score (nSPS) is 22.4. The molecule has 3 nitrogen and oxygen atoms in total. The zero-order chi connectivity index (χ0) is 12.0. The Bertz CT molecular complexity index is 371. The summed E-state index contributed by atoms with van der Waals surface area (Å²) >= 11 is 0. The van der Waals surface area contributed by atoms with E-state index >= 15 is 0 Å². The Morgan fingerprint density at radius 1 is 1.31 bits per heavy atom. The monoisotopic (exact) mass is 218 g/mol. The second-order valence-corrected chi connectivity index (χ2v) is 5.72. The number of nitrogen functional groups attached to an aromatic ring is 1. The summed E-state index contributed by atoms with van der Waals surface area (Å²) in [5, 5.41) is 0. The molecule has 2 N–H and O–H groups in total. The lowest BCUT2D eigenvalue weighted by atomic mass is 9.54. The second-order valence-electron chi connectivity index (χ2n) is 5.72. The van der Waals surface area contributed by atoms with Crippen LogP contribution in [0.5, 0.6) is 0 Å². The van der Waals surface area contributed by atoms with E-state index in [4.69, 9.17) is 10.4 Å². The smallest absolute Gasteiger partial charge is 0.329 e. The van der Waals surface area contributed by atoms with Crippen molar-refractivity contribution in [3.05, 3.63) is 18.3 Å². The van der Waals surface area contributed by atoms with Gasteiger partial charge in [-0.2, -0.15) is 0 Å². The molecular weight excluding hydrogens is 199 g/mol. The lowest BCUT2D eigenvalue weighted by Gasteiger charge is -2.34. The van der Waals surface area contributed by atoms with Gasteiger partial charge in [-0.25, -0.2) is 4.98 Å². The van der Waals surface area contributed by atoms with E-state index in [9.17, 15) is 0 Å². The third kappa shape index (κ3) is 1.82. The first-order valence-electron chi connectivity index (χ1n) is 5.71. The van der Waals surface area contributed by atoms with Gasteiger partial charge in [0.1, 0.15) is 5.82 Å². The molecule has 4 heteroatoms. The van der Waals surface area contributed by atoms with Crippen LogP contribution >= 0.6 is 0 Å². The van der Waals surface area contributed by atoms with Gasteiger partial charge in [0.05, 0.1) is 5.60 Å². The van der Waals surface area contributed by atoms with Crippen LogP contribution in [-0.2, 0) is 4.65 Å². The van der Waals surface area contributed by atoms with Gasteiger partial charge in [-0.1, -0.05) is 19.9 Å². The van der Waals surface area contributed by atoms with Crippen molar-refractivity contribution in [2.24, 2.45) is 5.41 Å². The first-order valence-corrected chi connectivity index (χ1v) is 5.71. The van der Waals surface area contributed by atoms with Crippen molar-refractivity contribution in [3.63, 3.8) is 0 Å². The van der Waals surface area contributed by atoms with E-state index in [1.165, 1.54) is 0 Å². The van der Waals surface area contributed by atoms with E-state index in [0.29, 0.717) is 5.82 Å². The maximum absolute atomic E-state index is 6.11. The summed E-state index contributed by atoms with van der Waals surface area (Å²) in [6, 6.07) is 3.83. The molecule has 0 aromatic carbocycles. The zero-order valence-electron chi connectivity index (χ0n) is 10.4. The molecule has 0 saturated carbocycles. The Morgan fingerprint density at radius 2 is 2.00 bits per heavy atom. The summed E-state index contributed by atoms with van der Waals surface area (Å²) in [5.74, 6) is 0.556. The molecule has 0 spiro atoms. The Kier molecular flexibility index (Phi) is 2.50. The van der Waals surface area contributed by atoms with Crippen molar-refractivity contribution in [2.75, 3.05) is 5.73 Å². The Hall–Kier alpha value is -1.03. The van der Waals surface area contributed by atoms with Crippen molar-refractivity contribution in [1.82, 2.24) is 4.98 Å². The van der Waals surface area contributed by atoms with Gasteiger partial charge in [0.2, 0.25) is 0 Å².